The summed E-state index contributed by atoms with van der Waals surface area (Å²) in [6.45, 7) is 1.93. The molecule has 1 atom stereocenters. The maximum absolute atomic E-state index is 13.1. The summed E-state index contributed by atoms with van der Waals surface area (Å²) in [5.41, 5.74) is 2.89. The largest absolute Gasteiger partial charge is 0.376 e. The van der Waals surface area contributed by atoms with E-state index in [1.165, 1.54) is 11.8 Å². The van der Waals surface area contributed by atoms with Crippen molar-refractivity contribution in [3.8, 4) is 0 Å². The molecule has 3 aromatic rings. The van der Waals surface area contributed by atoms with Gasteiger partial charge in [-0.1, -0.05) is 72.5 Å². The van der Waals surface area contributed by atoms with E-state index in [1.54, 1.807) is 4.90 Å². The van der Waals surface area contributed by atoms with Gasteiger partial charge in [-0.3, -0.25) is 14.5 Å². The summed E-state index contributed by atoms with van der Waals surface area (Å²) >= 11 is 6.81. The summed E-state index contributed by atoms with van der Waals surface area (Å²) in [6.07, 6.45) is 5.84. The number of carbonyl (C=O) groups is 2. The molecule has 2 saturated heterocycles. The molecule has 0 aliphatic carbocycles. The first-order valence-corrected chi connectivity index (χ1v) is 12.6. The number of rotatable bonds is 7. The Bertz CT molecular complexity index is 1260. The van der Waals surface area contributed by atoms with Crippen LogP contribution < -0.4 is 5.32 Å². The second-order valence-electron chi connectivity index (χ2n) is 8.42. The Balaban J connectivity index is 1.34. The van der Waals surface area contributed by atoms with Crippen molar-refractivity contribution >= 4 is 57.1 Å². The van der Waals surface area contributed by atoms with E-state index in [0.29, 0.717) is 22.3 Å². The Morgan fingerprint density at radius 3 is 2.76 bits per heavy atom. The van der Waals surface area contributed by atoms with Gasteiger partial charge in [0.15, 0.2) is 0 Å². The molecule has 0 unspecified atom stereocenters. The van der Waals surface area contributed by atoms with Gasteiger partial charge in [-0.15, -0.1) is 0 Å². The molecule has 174 valence electrons. The molecule has 2 aromatic carbocycles. The molecule has 34 heavy (non-hydrogen) atoms. The molecule has 3 heterocycles. The molecular formula is C26H25N3O3S2. The number of fused-ring (bicyclic) bond motifs is 1. The van der Waals surface area contributed by atoms with Crippen molar-refractivity contribution in [3.05, 3.63) is 76.8 Å². The minimum absolute atomic E-state index is 0.0539. The summed E-state index contributed by atoms with van der Waals surface area (Å²) in [6, 6.07) is 17.7. The standard InChI is InChI=1S/C26H25N3O3S2/c30-24(27-14-18-7-2-1-3-8-18)17-28-15-19(21-10-4-5-11-22(21)28)13-23-25(31)29(26(33)34-23)16-20-9-6-12-32-20/h1-5,7-8,10-11,13,15,20H,6,9,12,14,16-17H2,(H,27,30)/b23-13-/t20-/m1/s1. The highest BCUT2D eigenvalue weighted by atomic mass is 32.2. The number of benzene rings is 2. The predicted molar refractivity (Wildman–Crippen MR) is 139 cm³/mol. The predicted octanol–water partition coefficient (Wildman–Crippen LogP) is 4.34. The minimum atomic E-state index is -0.0806. The second kappa shape index (κ2) is 10.1. The molecule has 2 aliphatic rings. The number of aromatic nitrogens is 1. The fourth-order valence-corrected chi connectivity index (χ4v) is 5.58. The number of hydrogen-bond acceptors (Lipinski definition) is 5. The van der Waals surface area contributed by atoms with Crippen molar-refractivity contribution in [1.29, 1.82) is 0 Å². The normalized spacial score (nSPS) is 19.5. The molecule has 8 heteroatoms. The first-order chi connectivity index (χ1) is 16.6. The number of amides is 2. The number of nitrogens with one attached hydrogen (secondary N) is 1. The lowest BCUT2D eigenvalue weighted by Crippen LogP contribution is -2.35. The molecule has 6 nitrogen and oxygen atoms in total. The van der Waals surface area contributed by atoms with Crippen LogP contribution in [0.2, 0.25) is 0 Å². The maximum atomic E-state index is 13.1. The van der Waals surface area contributed by atoms with Crippen LogP contribution in [-0.2, 0) is 27.4 Å². The van der Waals surface area contributed by atoms with E-state index in [-0.39, 0.29) is 24.5 Å². The molecule has 0 spiro atoms. The summed E-state index contributed by atoms with van der Waals surface area (Å²) in [4.78, 5) is 28.0. The van der Waals surface area contributed by atoms with Gasteiger partial charge in [0.25, 0.3) is 5.91 Å². The Morgan fingerprint density at radius 1 is 1.18 bits per heavy atom. The lowest BCUT2D eigenvalue weighted by atomic mass is 10.1. The lowest BCUT2D eigenvalue weighted by molar-refractivity contribution is -0.123. The zero-order valence-corrected chi connectivity index (χ0v) is 20.2. The average Bonchev–Trinajstić information content (AvgIpc) is 3.55. The number of thiocarbonyl (C=S) groups is 1. The number of hydrogen-bond donors (Lipinski definition) is 1. The molecule has 2 amide bonds. The van der Waals surface area contributed by atoms with Crippen molar-refractivity contribution in [2.24, 2.45) is 0 Å². The Hall–Kier alpha value is -2.94. The van der Waals surface area contributed by atoms with Crippen molar-refractivity contribution < 1.29 is 14.3 Å². The molecule has 1 N–H and O–H groups in total. The van der Waals surface area contributed by atoms with Gasteiger partial charge < -0.3 is 14.6 Å². The first kappa shape index (κ1) is 22.8. The average molecular weight is 492 g/mol. The summed E-state index contributed by atoms with van der Waals surface area (Å²) in [5, 5.41) is 3.97. The number of para-hydroxylation sites is 1. The number of carbonyl (C=O) groups excluding carboxylic acids is 2. The van der Waals surface area contributed by atoms with E-state index >= 15 is 0 Å². The Kier molecular flexibility index (Phi) is 6.80. The van der Waals surface area contributed by atoms with Crippen LogP contribution in [0.3, 0.4) is 0 Å². The minimum Gasteiger partial charge on any atom is -0.376 e. The van der Waals surface area contributed by atoms with E-state index in [0.717, 1.165) is 41.5 Å². The SMILES string of the molecule is O=C(Cn1cc(/C=C2\SC(=S)N(C[C@H]3CCCO3)C2=O)c2ccccc21)NCc1ccccc1. The van der Waals surface area contributed by atoms with E-state index in [2.05, 4.69) is 5.32 Å². The van der Waals surface area contributed by atoms with E-state index in [9.17, 15) is 9.59 Å². The molecule has 0 saturated carbocycles. The van der Waals surface area contributed by atoms with Crippen molar-refractivity contribution in [2.75, 3.05) is 13.2 Å². The number of ether oxygens (including phenoxy) is 1. The van der Waals surface area contributed by atoms with Gasteiger partial charge in [0.1, 0.15) is 10.9 Å². The van der Waals surface area contributed by atoms with E-state index < -0.39 is 0 Å². The smallest absolute Gasteiger partial charge is 0.266 e. The second-order valence-corrected chi connectivity index (χ2v) is 10.1. The Labute approximate surface area is 207 Å². The zero-order chi connectivity index (χ0) is 23.5. The quantitative estimate of drug-likeness (QED) is 0.394. The van der Waals surface area contributed by atoms with Crippen molar-refractivity contribution in [1.82, 2.24) is 14.8 Å². The molecule has 0 bridgehead atoms. The lowest BCUT2D eigenvalue weighted by Gasteiger charge is -2.18. The molecule has 1 aromatic heterocycles. The van der Waals surface area contributed by atoms with Gasteiger partial charge >= 0.3 is 0 Å². The third-order valence-electron chi connectivity index (χ3n) is 6.04. The van der Waals surface area contributed by atoms with Crippen LogP contribution in [0.25, 0.3) is 17.0 Å². The molecule has 0 radical (unpaired) electrons. The van der Waals surface area contributed by atoms with Gasteiger partial charge in [-0.2, -0.15) is 0 Å². The summed E-state index contributed by atoms with van der Waals surface area (Å²) in [7, 11) is 0. The third-order valence-corrected chi connectivity index (χ3v) is 7.41. The maximum Gasteiger partial charge on any atom is 0.266 e. The number of thioether (sulfide) groups is 1. The highest BCUT2D eigenvalue weighted by molar-refractivity contribution is 8.26. The van der Waals surface area contributed by atoms with E-state index in [1.807, 2.05) is 71.4 Å². The van der Waals surface area contributed by atoms with Crippen LogP contribution >= 0.6 is 24.0 Å². The molecule has 2 fully saturated rings. The van der Waals surface area contributed by atoms with Gasteiger partial charge in [-0.25, -0.2) is 0 Å². The van der Waals surface area contributed by atoms with Crippen LogP contribution in [0.4, 0.5) is 0 Å². The first-order valence-electron chi connectivity index (χ1n) is 11.3. The fourth-order valence-electron chi connectivity index (χ4n) is 4.32. The van der Waals surface area contributed by atoms with Crippen LogP contribution in [-0.4, -0.2) is 44.9 Å². The molecule has 5 rings (SSSR count). The highest BCUT2D eigenvalue weighted by Crippen LogP contribution is 2.35. The van der Waals surface area contributed by atoms with Crippen molar-refractivity contribution in [2.45, 2.75) is 32.0 Å². The highest BCUT2D eigenvalue weighted by Gasteiger charge is 2.34. The van der Waals surface area contributed by atoms with Crippen LogP contribution in [0.5, 0.6) is 0 Å². The fraction of sp³-hybridized carbons (Fsp3) is 0.269. The molecular weight excluding hydrogens is 466 g/mol. The topological polar surface area (TPSA) is 63.6 Å². The summed E-state index contributed by atoms with van der Waals surface area (Å²) in [5.74, 6) is -0.151. The van der Waals surface area contributed by atoms with Gasteiger partial charge in [0, 0.05) is 35.8 Å². The number of nitrogens with zero attached hydrogens (tertiary/aromatic N) is 2. The van der Waals surface area contributed by atoms with E-state index in [4.69, 9.17) is 17.0 Å². The Morgan fingerprint density at radius 2 is 1.97 bits per heavy atom. The molecule has 2 aliphatic heterocycles. The summed E-state index contributed by atoms with van der Waals surface area (Å²) < 4.78 is 8.18. The van der Waals surface area contributed by atoms with Crippen LogP contribution in [0.1, 0.15) is 24.0 Å². The van der Waals surface area contributed by atoms with Crippen LogP contribution in [0.15, 0.2) is 65.7 Å². The zero-order valence-electron chi connectivity index (χ0n) is 18.6. The van der Waals surface area contributed by atoms with Gasteiger partial charge in [0.05, 0.1) is 17.6 Å². The van der Waals surface area contributed by atoms with Crippen molar-refractivity contribution in [3.63, 3.8) is 0 Å². The van der Waals surface area contributed by atoms with Crippen LogP contribution in [0, 0.1) is 0 Å². The monoisotopic (exact) mass is 491 g/mol. The van der Waals surface area contributed by atoms with Gasteiger partial charge in [-0.05, 0) is 30.5 Å². The van der Waals surface area contributed by atoms with Gasteiger partial charge in [0.2, 0.25) is 5.91 Å². The third kappa shape index (κ3) is 4.94.